The first-order chi connectivity index (χ1) is 14.8. The van der Waals surface area contributed by atoms with E-state index in [1.54, 1.807) is 7.11 Å². The van der Waals surface area contributed by atoms with Crippen molar-refractivity contribution in [3.63, 3.8) is 0 Å². The molecule has 30 heavy (non-hydrogen) atoms. The van der Waals surface area contributed by atoms with E-state index in [-0.39, 0.29) is 0 Å². The van der Waals surface area contributed by atoms with Crippen molar-refractivity contribution in [3.8, 4) is 17.2 Å². The monoisotopic (exact) mass is 402 g/mol. The van der Waals surface area contributed by atoms with Gasteiger partial charge in [0.25, 0.3) is 0 Å². The molecule has 0 unspecified atom stereocenters. The van der Waals surface area contributed by atoms with Crippen molar-refractivity contribution in [1.29, 1.82) is 0 Å². The highest BCUT2D eigenvalue weighted by atomic mass is 16.5. The van der Waals surface area contributed by atoms with Crippen LogP contribution in [0, 0.1) is 0 Å². The van der Waals surface area contributed by atoms with Gasteiger partial charge in [-0.2, -0.15) is 0 Å². The molecule has 0 saturated carbocycles. The summed E-state index contributed by atoms with van der Waals surface area (Å²) in [5.41, 5.74) is 3.33. The molecule has 4 aromatic rings. The van der Waals surface area contributed by atoms with Crippen molar-refractivity contribution in [3.05, 3.63) is 84.2 Å². The number of imidazole rings is 1. The standard InChI is InChI=1S/C25H26N2O3/c1-3-19-11-13-20(14-12-19)29-16-15-27-24-10-5-4-9-23(24)26-25(27)18-30-22-8-6-7-21(17-22)28-2/h4-14,17H,3,15-16,18H2,1-2H3. The molecule has 0 aliphatic heterocycles. The molecule has 0 bridgehead atoms. The number of aromatic nitrogens is 2. The Morgan fingerprint density at radius 3 is 2.43 bits per heavy atom. The molecule has 0 saturated heterocycles. The second kappa shape index (κ2) is 9.35. The quantitative estimate of drug-likeness (QED) is 0.383. The summed E-state index contributed by atoms with van der Waals surface area (Å²) in [6.07, 6.45) is 1.03. The van der Waals surface area contributed by atoms with Crippen LogP contribution in [0.5, 0.6) is 17.2 Å². The number of rotatable bonds is 9. The van der Waals surface area contributed by atoms with E-state index >= 15 is 0 Å². The molecule has 0 aliphatic rings. The van der Waals surface area contributed by atoms with Gasteiger partial charge in [-0.1, -0.05) is 37.3 Å². The summed E-state index contributed by atoms with van der Waals surface area (Å²) in [5, 5.41) is 0. The van der Waals surface area contributed by atoms with Crippen LogP contribution in [-0.4, -0.2) is 23.3 Å². The maximum atomic E-state index is 5.99. The van der Waals surface area contributed by atoms with Crippen LogP contribution in [0.4, 0.5) is 0 Å². The lowest BCUT2D eigenvalue weighted by atomic mass is 10.2. The van der Waals surface area contributed by atoms with Crippen molar-refractivity contribution in [2.75, 3.05) is 13.7 Å². The van der Waals surface area contributed by atoms with Crippen LogP contribution in [0.2, 0.25) is 0 Å². The van der Waals surface area contributed by atoms with Gasteiger partial charge in [-0.15, -0.1) is 0 Å². The Morgan fingerprint density at radius 2 is 1.63 bits per heavy atom. The highest BCUT2D eigenvalue weighted by Gasteiger charge is 2.11. The number of para-hydroxylation sites is 2. The number of ether oxygens (including phenoxy) is 3. The van der Waals surface area contributed by atoms with Gasteiger partial charge in [-0.05, 0) is 48.4 Å². The van der Waals surface area contributed by atoms with Crippen molar-refractivity contribution in [1.82, 2.24) is 9.55 Å². The van der Waals surface area contributed by atoms with Gasteiger partial charge in [-0.3, -0.25) is 0 Å². The fourth-order valence-electron chi connectivity index (χ4n) is 3.40. The summed E-state index contributed by atoms with van der Waals surface area (Å²) in [7, 11) is 1.65. The average molecular weight is 402 g/mol. The Kier molecular flexibility index (Phi) is 6.18. The van der Waals surface area contributed by atoms with Crippen LogP contribution in [0.15, 0.2) is 72.8 Å². The summed E-state index contributed by atoms with van der Waals surface area (Å²) < 4.78 is 19.4. The third-order valence-electron chi connectivity index (χ3n) is 5.06. The third kappa shape index (κ3) is 4.57. The van der Waals surface area contributed by atoms with Gasteiger partial charge in [0.15, 0.2) is 0 Å². The van der Waals surface area contributed by atoms with Crippen molar-refractivity contribution >= 4 is 11.0 Å². The molecule has 0 radical (unpaired) electrons. The first kappa shape index (κ1) is 19.8. The van der Waals surface area contributed by atoms with Crippen molar-refractivity contribution < 1.29 is 14.2 Å². The van der Waals surface area contributed by atoms with Crippen LogP contribution in [-0.2, 0) is 19.6 Å². The van der Waals surface area contributed by atoms with Crippen LogP contribution >= 0.6 is 0 Å². The topological polar surface area (TPSA) is 45.5 Å². The van der Waals surface area contributed by atoms with Gasteiger partial charge in [0.1, 0.15) is 36.3 Å². The Balaban J connectivity index is 1.48. The van der Waals surface area contributed by atoms with Gasteiger partial charge < -0.3 is 18.8 Å². The second-order valence-electron chi connectivity index (χ2n) is 6.98. The van der Waals surface area contributed by atoms with E-state index in [9.17, 15) is 0 Å². The second-order valence-corrected chi connectivity index (χ2v) is 6.98. The Labute approximate surface area is 176 Å². The molecule has 1 heterocycles. The Hall–Kier alpha value is -3.47. The maximum absolute atomic E-state index is 5.99. The van der Waals surface area contributed by atoms with Crippen LogP contribution < -0.4 is 14.2 Å². The van der Waals surface area contributed by atoms with E-state index in [2.05, 4.69) is 29.7 Å². The largest absolute Gasteiger partial charge is 0.497 e. The smallest absolute Gasteiger partial charge is 0.148 e. The third-order valence-corrected chi connectivity index (χ3v) is 5.06. The van der Waals surface area contributed by atoms with Crippen LogP contribution in [0.1, 0.15) is 18.3 Å². The molecule has 1 aromatic heterocycles. The molecule has 4 rings (SSSR count). The lowest BCUT2D eigenvalue weighted by molar-refractivity contribution is 0.271. The summed E-state index contributed by atoms with van der Waals surface area (Å²) >= 11 is 0. The SMILES string of the molecule is CCc1ccc(OCCn2c(COc3cccc(OC)c3)nc3ccccc32)cc1. The number of benzene rings is 3. The van der Waals surface area contributed by atoms with Gasteiger partial charge >= 0.3 is 0 Å². The molecule has 0 N–H and O–H groups in total. The summed E-state index contributed by atoms with van der Waals surface area (Å²) in [6.45, 7) is 3.76. The van der Waals surface area contributed by atoms with E-state index in [4.69, 9.17) is 19.2 Å². The molecular formula is C25H26N2O3. The molecule has 3 aromatic carbocycles. The van der Waals surface area contributed by atoms with Crippen molar-refractivity contribution in [2.45, 2.75) is 26.5 Å². The fraction of sp³-hybridized carbons (Fsp3) is 0.240. The van der Waals surface area contributed by atoms with Crippen LogP contribution in [0.3, 0.4) is 0 Å². The lowest BCUT2D eigenvalue weighted by Crippen LogP contribution is -2.13. The molecule has 154 valence electrons. The molecule has 0 fully saturated rings. The first-order valence-corrected chi connectivity index (χ1v) is 10.2. The van der Waals surface area contributed by atoms with Gasteiger partial charge in [0, 0.05) is 6.07 Å². The van der Waals surface area contributed by atoms with E-state index in [0.29, 0.717) is 19.8 Å². The fourth-order valence-corrected chi connectivity index (χ4v) is 3.40. The average Bonchev–Trinajstić information content (AvgIpc) is 3.16. The van der Waals surface area contributed by atoms with E-state index in [1.165, 1.54) is 5.56 Å². The van der Waals surface area contributed by atoms with Gasteiger partial charge in [-0.25, -0.2) is 4.98 Å². The highest BCUT2D eigenvalue weighted by molar-refractivity contribution is 5.75. The zero-order valence-electron chi connectivity index (χ0n) is 17.4. The Morgan fingerprint density at radius 1 is 0.833 bits per heavy atom. The van der Waals surface area contributed by atoms with E-state index in [0.717, 1.165) is 40.5 Å². The number of methoxy groups -OCH3 is 1. The zero-order valence-corrected chi connectivity index (χ0v) is 17.4. The number of nitrogens with zero attached hydrogens (tertiary/aromatic N) is 2. The predicted molar refractivity (Wildman–Crippen MR) is 118 cm³/mol. The van der Waals surface area contributed by atoms with Crippen molar-refractivity contribution in [2.24, 2.45) is 0 Å². The number of hydrogen-bond donors (Lipinski definition) is 0. The summed E-state index contributed by atoms with van der Waals surface area (Å²) in [6, 6.07) is 24.0. The minimum atomic E-state index is 0.368. The molecule has 5 heteroatoms. The molecule has 5 nitrogen and oxygen atoms in total. The molecule has 0 spiro atoms. The summed E-state index contributed by atoms with van der Waals surface area (Å²) in [5.74, 6) is 3.26. The van der Waals surface area contributed by atoms with Gasteiger partial charge in [0.2, 0.25) is 0 Å². The van der Waals surface area contributed by atoms with Crippen LogP contribution in [0.25, 0.3) is 11.0 Å². The first-order valence-electron chi connectivity index (χ1n) is 10.2. The minimum absolute atomic E-state index is 0.368. The molecule has 0 atom stereocenters. The predicted octanol–water partition coefficient (Wildman–Crippen LogP) is 5.27. The highest BCUT2D eigenvalue weighted by Crippen LogP contribution is 2.22. The minimum Gasteiger partial charge on any atom is -0.497 e. The molecule has 0 aliphatic carbocycles. The van der Waals surface area contributed by atoms with E-state index in [1.807, 2.05) is 54.6 Å². The molecule has 0 amide bonds. The Bertz CT molecular complexity index is 1100. The lowest BCUT2D eigenvalue weighted by Gasteiger charge is -2.12. The molecular weight excluding hydrogens is 376 g/mol. The van der Waals surface area contributed by atoms with Gasteiger partial charge in [0.05, 0.1) is 24.7 Å². The zero-order chi connectivity index (χ0) is 20.8. The van der Waals surface area contributed by atoms with E-state index < -0.39 is 0 Å². The normalized spacial score (nSPS) is 10.9. The number of hydrogen-bond acceptors (Lipinski definition) is 4. The summed E-state index contributed by atoms with van der Waals surface area (Å²) in [4.78, 5) is 4.77. The maximum Gasteiger partial charge on any atom is 0.148 e. The number of fused-ring (bicyclic) bond motifs is 1. The number of aryl methyl sites for hydroxylation is 1.